The van der Waals surface area contributed by atoms with E-state index >= 15 is 0 Å². The lowest BCUT2D eigenvalue weighted by molar-refractivity contribution is -0.139. The van der Waals surface area contributed by atoms with E-state index in [0.29, 0.717) is 5.69 Å². The molecule has 0 aliphatic heterocycles. The predicted octanol–water partition coefficient (Wildman–Crippen LogP) is 5.28. The maximum Gasteiger partial charge on any atom is 0.264 e. The van der Waals surface area contributed by atoms with Crippen molar-refractivity contribution >= 4 is 27.5 Å². The molecule has 0 radical (unpaired) electrons. The zero-order chi connectivity index (χ0) is 28.9. The minimum atomic E-state index is -4.08. The van der Waals surface area contributed by atoms with E-state index in [2.05, 4.69) is 5.32 Å². The standard InChI is InChI=1S/C32H39N3O4S/c1-23-17-19-29(20-18-23)40(38,39)35(30-16-10-6-12-25(30)3)22-31(36)34(21-27-13-7-5-11-24(27)2)26(4)32(37)33-28-14-8-9-15-28/h5-7,10-13,16-20,26,28H,8-9,14-15,21-22H2,1-4H3,(H,33,37)/t26-/m0/s1. The molecule has 1 atom stereocenters. The number of anilines is 1. The smallest absolute Gasteiger partial charge is 0.264 e. The van der Waals surface area contributed by atoms with Gasteiger partial charge in [0.2, 0.25) is 11.8 Å². The predicted molar refractivity (Wildman–Crippen MR) is 158 cm³/mol. The summed E-state index contributed by atoms with van der Waals surface area (Å²) in [5.74, 6) is -0.672. The molecule has 4 rings (SSSR count). The van der Waals surface area contributed by atoms with E-state index in [9.17, 15) is 18.0 Å². The maximum atomic E-state index is 14.1. The molecule has 0 spiro atoms. The third-order valence-corrected chi connectivity index (χ3v) is 9.52. The van der Waals surface area contributed by atoms with Crippen molar-refractivity contribution in [2.45, 2.75) is 76.9 Å². The summed E-state index contributed by atoms with van der Waals surface area (Å²) in [6.07, 6.45) is 4.01. The van der Waals surface area contributed by atoms with E-state index < -0.39 is 28.5 Å². The van der Waals surface area contributed by atoms with Crippen LogP contribution in [-0.4, -0.2) is 43.8 Å². The molecule has 212 valence electrons. The van der Waals surface area contributed by atoms with Crippen molar-refractivity contribution in [3.8, 4) is 0 Å². The summed E-state index contributed by atoms with van der Waals surface area (Å²) in [4.78, 5) is 29.1. The van der Waals surface area contributed by atoms with Crippen LogP contribution >= 0.6 is 0 Å². The summed E-state index contributed by atoms with van der Waals surface area (Å²) in [7, 11) is -4.08. The zero-order valence-corrected chi connectivity index (χ0v) is 24.6. The number of rotatable bonds is 10. The number of carbonyl (C=O) groups is 2. The lowest BCUT2D eigenvalue weighted by Gasteiger charge is -2.33. The van der Waals surface area contributed by atoms with E-state index in [1.165, 1.54) is 9.21 Å². The first kappa shape index (κ1) is 29.3. The van der Waals surface area contributed by atoms with Gasteiger partial charge in [0.05, 0.1) is 10.6 Å². The van der Waals surface area contributed by atoms with Crippen LogP contribution in [0.4, 0.5) is 5.69 Å². The second kappa shape index (κ2) is 12.7. The summed E-state index contributed by atoms with van der Waals surface area (Å²) in [6.45, 7) is 7.14. The number of hydrogen-bond donors (Lipinski definition) is 1. The number of hydrogen-bond acceptors (Lipinski definition) is 4. The highest BCUT2D eigenvalue weighted by molar-refractivity contribution is 7.92. The molecule has 1 saturated carbocycles. The molecule has 2 amide bonds. The van der Waals surface area contributed by atoms with Crippen LogP contribution in [0, 0.1) is 20.8 Å². The summed E-state index contributed by atoms with van der Waals surface area (Å²) < 4.78 is 29.1. The molecule has 7 nitrogen and oxygen atoms in total. The van der Waals surface area contributed by atoms with Crippen molar-refractivity contribution in [3.05, 3.63) is 95.1 Å². The average molecular weight is 562 g/mol. The molecule has 3 aromatic rings. The highest BCUT2D eigenvalue weighted by Crippen LogP contribution is 2.28. The molecular formula is C32H39N3O4S. The van der Waals surface area contributed by atoms with Crippen LogP contribution < -0.4 is 9.62 Å². The van der Waals surface area contributed by atoms with Gasteiger partial charge in [-0.1, -0.05) is 73.0 Å². The molecule has 0 saturated heterocycles. The van der Waals surface area contributed by atoms with E-state index in [1.807, 2.05) is 57.2 Å². The van der Waals surface area contributed by atoms with Crippen molar-refractivity contribution in [1.29, 1.82) is 0 Å². The van der Waals surface area contributed by atoms with E-state index in [0.717, 1.165) is 47.9 Å². The Balaban J connectivity index is 1.70. The van der Waals surface area contributed by atoms with Crippen LogP contribution in [0.15, 0.2) is 77.7 Å². The number of carbonyl (C=O) groups excluding carboxylic acids is 2. The molecule has 1 aliphatic rings. The Labute approximate surface area is 238 Å². The Hall–Kier alpha value is -3.65. The Morgan fingerprint density at radius 1 is 0.875 bits per heavy atom. The third kappa shape index (κ3) is 6.73. The molecule has 1 N–H and O–H groups in total. The molecule has 0 bridgehead atoms. The van der Waals surface area contributed by atoms with Crippen LogP contribution in [0.2, 0.25) is 0 Å². The van der Waals surface area contributed by atoms with E-state index in [1.54, 1.807) is 43.3 Å². The quantitative estimate of drug-likeness (QED) is 0.365. The minimum Gasteiger partial charge on any atom is -0.352 e. The van der Waals surface area contributed by atoms with Crippen molar-refractivity contribution in [1.82, 2.24) is 10.2 Å². The largest absolute Gasteiger partial charge is 0.352 e. The SMILES string of the molecule is Cc1ccc(S(=O)(=O)N(CC(=O)N(Cc2ccccc2C)[C@@H](C)C(=O)NC2CCCC2)c2ccccc2C)cc1. The van der Waals surface area contributed by atoms with Gasteiger partial charge in [-0.25, -0.2) is 8.42 Å². The van der Waals surface area contributed by atoms with Crippen molar-refractivity contribution < 1.29 is 18.0 Å². The minimum absolute atomic E-state index is 0.103. The fraction of sp³-hybridized carbons (Fsp3) is 0.375. The topological polar surface area (TPSA) is 86.8 Å². The fourth-order valence-corrected chi connectivity index (χ4v) is 6.62. The Kier molecular flexibility index (Phi) is 9.30. The van der Waals surface area contributed by atoms with Gasteiger partial charge in [0.1, 0.15) is 12.6 Å². The van der Waals surface area contributed by atoms with Gasteiger partial charge in [0.15, 0.2) is 0 Å². The van der Waals surface area contributed by atoms with Gasteiger partial charge in [0, 0.05) is 12.6 Å². The molecule has 1 fully saturated rings. The van der Waals surface area contributed by atoms with Gasteiger partial charge in [-0.05, 0) is 75.4 Å². The second-order valence-electron chi connectivity index (χ2n) is 10.7. The van der Waals surface area contributed by atoms with Gasteiger partial charge in [-0.2, -0.15) is 0 Å². The van der Waals surface area contributed by atoms with Crippen LogP contribution in [0.3, 0.4) is 0 Å². The van der Waals surface area contributed by atoms with Crippen molar-refractivity contribution in [3.63, 3.8) is 0 Å². The van der Waals surface area contributed by atoms with Gasteiger partial charge in [0.25, 0.3) is 10.0 Å². The Morgan fingerprint density at radius 3 is 2.10 bits per heavy atom. The first-order chi connectivity index (χ1) is 19.1. The Morgan fingerprint density at radius 2 is 1.48 bits per heavy atom. The molecule has 0 unspecified atom stereocenters. The van der Waals surface area contributed by atoms with Gasteiger partial charge < -0.3 is 10.2 Å². The molecule has 0 heterocycles. The highest BCUT2D eigenvalue weighted by atomic mass is 32.2. The summed E-state index contributed by atoms with van der Waals surface area (Å²) in [5.41, 5.74) is 3.98. The van der Waals surface area contributed by atoms with Crippen molar-refractivity contribution in [2.75, 3.05) is 10.8 Å². The first-order valence-corrected chi connectivity index (χ1v) is 15.3. The molecule has 0 aromatic heterocycles. The van der Waals surface area contributed by atoms with Crippen LogP contribution in [0.5, 0.6) is 0 Å². The lowest BCUT2D eigenvalue weighted by atomic mass is 10.1. The number of nitrogens with one attached hydrogen (secondary N) is 1. The molecule has 40 heavy (non-hydrogen) atoms. The number of nitrogens with zero attached hydrogens (tertiary/aromatic N) is 2. The molecule has 8 heteroatoms. The number of aryl methyl sites for hydroxylation is 3. The maximum absolute atomic E-state index is 14.1. The lowest BCUT2D eigenvalue weighted by Crippen LogP contribution is -2.52. The number of amides is 2. The van der Waals surface area contributed by atoms with Crippen LogP contribution in [-0.2, 0) is 26.2 Å². The van der Waals surface area contributed by atoms with E-state index in [-0.39, 0.29) is 23.4 Å². The molecule has 3 aromatic carbocycles. The average Bonchev–Trinajstić information content (AvgIpc) is 3.44. The number of benzene rings is 3. The van der Waals surface area contributed by atoms with Gasteiger partial charge in [-0.3, -0.25) is 13.9 Å². The van der Waals surface area contributed by atoms with Gasteiger partial charge >= 0.3 is 0 Å². The highest BCUT2D eigenvalue weighted by Gasteiger charge is 2.34. The zero-order valence-electron chi connectivity index (χ0n) is 23.8. The molecule has 1 aliphatic carbocycles. The fourth-order valence-electron chi connectivity index (χ4n) is 5.14. The third-order valence-electron chi connectivity index (χ3n) is 7.74. The first-order valence-electron chi connectivity index (χ1n) is 13.9. The van der Waals surface area contributed by atoms with Crippen molar-refractivity contribution in [2.24, 2.45) is 0 Å². The normalized spacial score (nSPS) is 14.5. The van der Waals surface area contributed by atoms with Crippen LogP contribution in [0.25, 0.3) is 0 Å². The summed E-state index contributed by atoms with van der Waals surface area (Å²) >= 11 is 0. The second-order valence-corrected chi connectivity index (χ2v) is 12.6. The molecular weight excluding hydrogens is 522 g/mol. The summed E-state index contributed by atoms with van der Waals surface area (Å²) in [5, 5.41) is 3.11. The Bertz CT molecular complexity index is 1450. The number of sulfonamides is 1. The monoisotopic (exact) mass is 561 g/mol. The summed E-state index contributed by atoms with van der Waals surface area (Å²) in [6, 6.07) is 20.7. The van der Waals surface area contributed by atoms with E-state index in [4.69, 9.17) is 0 Å². The van der Waals surface area contributed by atoms with Gasteiger partial charge in [-0.15, -0.1) is 0 Å². The number of para-hydroxylation sites is 1. The van der Waals surface area contributed by atoms with Crippen LogP contribution in [0.1, 0.15) is 54.9 Å².